The number of aromatic nitrogens is 1. The fourth-order valence-corrected chi connectivity index (χ4v) is 3.80. The Morgan fingerprint density at radius 2 is 2.05 bits per heavy atom. The molecule has 0 radical (unpaired) electrons. The second kappa shape index (κ2) is 5.53. The standard InChI is InChI=1S/C11H9F3N2O3S2/c1-19-9-2-3-20-10(9)21(17,18)16-8-4-7(5-15-6-8)11(12,13)14/h2-6,16H,1H3. The van der Waals surface area contributed by atoms with Crippen LogP contribution in [0.2, 0.25) is 0 Å². The van der Waals surface area contributed by atoms with Gasteiger partial charge in [0.1, 0.15) is 5.75 Å². The van der Waals surface area contributed by atoms with Gasteiger partial charge in [-0.2, -0.15) is 13.2 Å². The van der Waals surface area contributed by atoms with Gasteiger partial charge in [0.05, 0.1) is 24.6 Å². The van der Waals surface area contributed by atoms with E-state index in [0.717, 1.165) is 17.5 Å². The second-order valence-corrected chi connectivity index (χ2v) is 6.64. The number of thiophene rings is 1. The molecule has 114 valence electrons. The molecule has 0 aliphatic rings. The molecule has 0 fully saturated rings. The van der Waals surface area contributed by atoms with Crippen LogP contribution in [0.25, 0.3) is 0 Å². The highest BCUT2D eigenvalue weighted by Crippen LogP contribution is 2.33. The maximum absolute atomic E-state index is 12.6. The van der Waals surface area contributed by atoms with Gasteiger partial charge in [0, 0.05) is 6.20 Å². The molecule has 1 N–H and O–H groups in total. The van der Waals surface area contributed by atoms with Gasteiger partial charge in [-0.05, 0) is 17.5 Å². The van der Waals surface area contributed by atoms with Gasteiger partial charge in [-0.15, -0.1) is 11.3 Å². The van der Waals surface area contributed by atoms with Crippen LogP contribution in [0, 0.1) is 0 Å². The first-order valence-corrected chi connectivity index (χ1v) is 7.77. The summed E-state index contributed by atoms with van der Waals surface area (Å²) < 4.78 is 68.7. The molecule has 0 aromatic carbocycles. The van der Waals surface area contributed by atoms with E-state index in [2.05, 4.69) is 4.98 Å². The Balaban J connectivity index is 2.34. The third kappa shape index (κ3) is 3.45. The predicted octanol–water partition coefficient (Wildman–Crippen LogP) is 2.97. The number of methoxy groups -OCH3 is 1. The molecule has 2 rings (SSSR count). The zero-order valence-electron chi connectivity index (χ0n) is 10.5. The van der Waals surface area contributed by atoms with Crippen molar-refractivity contribution >= 4 is 27.0 Å². The summed E-state index contributed by atoms with van der Waals surface area (Å²) in [5.74, 6) is 0.118. The van der Waals surface area contributed by atoms with Crippen molar-refractivity contribution in [2.75, 3.05) is 11.8 Å². The topological polar surface area (TPSA) is 68.3 Å². The van der Waals surface area contributed by atoms with Crippen molar-refractivity contribution in [2.24, 2.45) is 0 Å². The predicted molar refractivity (Wildman–Crippen MR) is 70.9 cm³/mol. The second-order valence-electron chi connectivity index (χ2n) is 3.84. The summed E-state index contributed by atoms with van der Waals surface area (Å²) in [6.45, 7) is 0. The van der Waals surface area contributed by atoms with Gasteiger partial charge in [-0.1, -0.05) is 0 Å². The van der Waals surface area contributed by atoms with E-state index < -0.39 is 21.8 Å². The van der Waals surface area contributed by atoms with Crippen molar-refractivity contribution in [1.29, 1.82) is 0 Å². The van der Waals surface area contributed by atoms with E-state index in [0.29, 0.717) is 12.3 Å². The zero-order chi connectivity index (χ0) is 15.7. The molecule has 0 spiro atoms. The number of halogens is 3. The third-order valence-corrected chi connectivity index (χ3v) is 5.21. The maximum Gasteiger partial charge on any atom is 0.417 e. The van der Waals surface area contributed by atoms with E-state index in [9.17, 15) is 21.6 Å². The molecule has 0 atom stereocenters. The minimum absolute atomic E-state index is 0.118. The van der Waals surface area contributed by atoms with Crippen LogP contribution in [0.1, 0.15) is 5.56 Å². The van der Waals surface area contributed by atoms with Crippen molar-refractivity contribution in [3.63, 3.8) is 0 Å². The molecule has 5 nitrogen and oxygen atoms in total. The summed E-state index contributed by atoms with van der Waals surface area (Å²) in [6, 6.07) is 2.12. The molecule has 2 heterocycles. The Kier molecular flexibility index (Phi) is 4.10. The van der Waals surface area contributed by atoms with Crippen LogP contribution in [0.15, 0.2) is 34.1 Å². The lowest BCUT2D eigenvalue weighted by atomic mass is 10.2. The van der Waals surface area contributed by atoms with Gasteiger partial charge in [0.15, 0.2) is 4.21 Å². The third-order valence-electron chi connectivity index (χ3n) is 2.38. The Hall–Kier alpha value is -1.81. The fourth-order valence-electron chi connectivity index (χ4n) is 1.48. The quantitative estimate of drug-likeness (QED) is 0.931. The number of nitrogens with one attached hydrogen (secondary N) is 1. The smallest absolute Gasteiger partial charge is 0.417 e. The lowest BCUT2D eigenvalue weighted by molar-refractivity contribution is -0.137. The molecule has 0 saturated carbocycles. The number of pyridine rings is 1. The highest BCUT2D eigenvalue weighted by molar-refractivity contribution is 7.94. The van der Waals surface area contributed by atoms with E-state index in [1.165, 1.54) is 18.6 Å². The maximum atomic E-state index is 12.6. The molecule has 0 unspecified atom stereocenters. The molecule has 0 aliphatic heterocycles. The molecule has 10 heteroatoms. The number of rotatable bonds is 4. The minimum Gasteiger partial charge on any atom is -0.494 e. The summed E-state index contributed by atoms with van der Waals surface area (Å²) in [5, 5.41) is 1.50. The largest absolute Gasteiger partial charge is 0.494 e. The normalized spacial score (nSPS) is 12.2. The lowest BCUT2D eigenvalue weighted by Crippen LogP contribution is -2.14. The first-order valence-electron chi connectivity index (χ1n) is 5.40. The van der Waals surface area contributed by atoms with Crippen LogP contribution in [-0.4, -0.2) is 20.5 Å². The van der Waals surface area contributed by atoms with Crippen molar-refractivity contribution in [3.8, 4) is 5.75 Å². The van der Waals surface area contributed by atoms with Crippen LogP contribution in [0.4, 0.5) is 18.9 Å². The summed E-state index contributed by atoms with van der Waals surface area (Å²) in [7, 11) is -2.74. The first kappa shape index (κ1) is 15.6. The van der Waals surface area contributed by atoms with Crippen molar-refractivity contribution < 1.29 is 26.3 Å². The summed E-state index contributed by atoms with van der Waals surface area (Å²) >= 11 is 0.892. The lowest BCUT2D eigenvalue weighted by Gasteiger charge is -2.10. The van der Waals surface area contributed by atoms with Crippen LogP contribution in [0.5, 0.6) is 5.75 Å². The molecule has 2 aromatic rings. The average Bonchev–Trinajstić information content (AvgIpc) is 2.86. The monoisotopic (exact) mass is 338 g/mol. The Morgan fingerprint density at radius 1 is 1.33 bits per heavy atom. The Bertz CT molecular complexity index is 741. The van der Waals surface area contributed by atoms with Gasteiger partial charge in [-0.25, -0.2) is 8.42 Å². The number of hydrogen-bond donors (Lipinski definition) is 1. The molecular formula is C11H9F3N2O3S2. The Morgan fingerprint density at radius 3 is 2.67 bits per heavy atom. The number of hydrogen-bond acceptors (Lipinski definition) is 5. The van der Waals surface area contributed by atoms with E-state index in [4.69, 9.17) is 4.74 Å². The van der Waals surface area contributed by atoms with E-state index in [1.54, 1.807) is 0 Å². The van der Waals surface area contributed by atoms with Gasteiger partial charge in [-0.3, -0.25) is 9.71 Å². The van der Waals surface area contributed by atoms with Gasteiger partial charge in [0.25, 0.3) is 10.0 Å². The number of nitrogens with zero attached hydrogens (tertiary/aromatic N) is 1. The van der Waals surface area contributed by atoms with E-state index >= 15 is 0 Å². The Labute approximate surface area is 122 Å². The van der Waals surface area contributed by atoms with Crippen molar-refractivity contribution in [1.82, 2.24) is 4.98 Å². The first-order chi connectivity index (χ1) is 9.74. The average molecular weight is 338 g/mol. The van der Waals surface area contributed by atoms with E-state index in [-0.39, 0.29) is 15.6 Å². The van der Waals surface area contributed by atoms with Crippen LogP contribution >= 0.6 is 11.3 Å². The summed E-state index contributed by atoms with van der Waals surface area (Å²) in [4.78, 5) is 3.38. The molecule has 2 aromatic heterocycles. The SMILES string of the molecule is COc1ccsc1S(=O)(=O)Nc1cncc(C(F)(F)F)c1. The summed E-state index contributed by atoms with van der Waals surface area (Å²) in [6.07, 6.45) is -2.99. The van der Waals surface area contributed by atoms with Crippen LogP contribution in [0.3, 0.4) is 0 Å². The molecule has 0 aliphatic carbocycles. The van der Waals surface area contributed by atoms with Crippen LogP contribution in [-0.2, 0) is 16.2 Å². The number of anilines is 1. The van der Waals surface area contributed by atoms with Gasteiger partial charge >= 0.3 is 6.18 Å². The highest BCUT2D eigenvalue weighted by atomic mass is 32.2. The fraction of sp³-hybridized carbons (Fsp3) is 0.182. The van der Waals surface area contributed by atoms with Crippen molar-refractivity contribution in [2.45, 2.75) is 10.4 Å². The van der Waals surface area contributed by atoms with Gasteiger partial charge < -0.3 is 4.74 Å². The molecule has 0 saturated heterocycles. The molecule has 21 heavy (non-hydrogen) atoms. The molecule has 0 amide bonds. The number of ether oxygens (including phenoxy) is 1. The molecule has 0 bridgehead atoms. The number of sulfonamides is 1. The highest BCUT2D eigenvalue weighted by Gasteiger charge is 2.31. The zero-order valence-corrected chi connectivity index (χ0v) is 12.1. The number of alkyl halides is 3. The molecular weight excluding hydrogens is 329 g/mol. The van der Waals surface area contributed by atoms with Crippen molar-refractivity contribution in [3.05, 3.63) is 35.5 Å². The van der Waals surface area contributed by atoms with Gasteiger partial charge in [0.2, 0.25) is 0 Å². The minimum atomic E-state index is -4.60. The van der Waals surface area contributed by atoms with E-state index in [1.807, 2.05) is 4.72 Å². The van der Waals surface area contributed by atoms with Crippen LogP contribution < -0.4 is 9.46 Å². The summed E-state index contributed by atoms with van der Waals surface area (Å²) in [5.41, 5.74) is -1.32.